The second kappa shape index (κ2) is 8.62. The van der Waals surface area contributed by atoms with Gasteiger partial charge in [-0.25, -0.2) is 0 Å². The van der Waals surface area contributed by atoms with E-state index in [0.29, 0.717) is 11.8 Å². The van der Waals surface area contributed by atoms with Crippen molar-refractivity contribution in [2.45, 2.75) is 53.5 Å². The third kappa shape index (κ3) is 4.02. The number of hydrogen-bond acceptors (Lipinski definition) is 2. The van der Waals surface area contributed by atoms with E-state index in [1.54, 1.807) is 0 Å². The predicted molar refractivity (Wildman–Crippen MR) is 102 cm³/mol. The van der Waals surface area contributed by atoms with E-state index in [4.69, 9.17) is 0 Å². The Morgan fingerprint density at radius 3 is 2.71 bits per heavy atom. The molecule has 0 saturated carbocycles. The van der Waals surface area contributed by atoms with Crippen molar-refractivity contribution in [2.24, 2.45) is 5.92 Å². The summed E-state index contributed by atoms with van der Waals surface area (Å²) in [6.07, 6.45) is 10.2. The summed E-state index contributed by atoms with van der Waals surface area (Å²) in [6.45, 7) is 11.2. The van der Waals surface area contributed by atoms with E-state index in [1.165, 1.54) is 11.1 Å². The lowest BCUT2D eigenvalue weighted by Gasteiger charge is -2.16. The van der Waals surface area contributed by atoms with E-state index in [2.05, 4.69) is 77.2 Å². The lowest BCUT2D eigenvalue weighted by Crippen LogP contribution is -2.12. The lowest BCUT2D eigenvalue weighted by molar-refractivity contribution is 0.559. The summed E-state index contributed by atoms with van der Waals surface area (Å²) in [5.74, 6) is 2.89. The van der Waals surface area contributed by atoms with E-state index in [1.807, 2.05) is 20.8 Å². The Bertz CT molecular complexity index is 710. The minimum atomic E-state index is 0.335. The highest BCUT2D eigenvalue weighted by Crippen LogP contribution is 2.35. The summed E-state index contributed by atoms with van der Waals surface area (Å²) in [7, 11) is 0. The van der Waals surface area contributed by atoms with E-state index in [-0.39, 0.29) is 0 Å². The van der Waals surface area contributed by atoms with Crippen molar-refractivity contribution < 1.29 is 0 Å². The fourth-order valence-corrected chi connectivity index (χ4v) is 3.19. The summed E-state index contributed by atoms with van der Waals surface area (Å²) in [5.41, 5.74) is 2.56. The van der Waals surface area contributed by atoms with Crippen LogP contribution in [0.15, 0.2) is 42.5 Å². The zero-order chi connectivity index (χ0) is 17.5. The maximum atomic E-state index is 4.42. The quantitative estimate of drug-likeness (QED) is 0.713. The van der Waals surface area contributed by atoms with Crippen LogP contribution in [0.4, 0.5) is 0 Å². The molecule has 128 valence electrons. The highest BCUT2D eigenvalue weighted by Gasteiger charge is 2.27. The molecule has 1 aliphatic rings. The number of benzene rings is 1. The van der Waals surface area contributed by atoms with Crippen LogP contribution in [-0.2, 0) is 6.54 Å². The van der Waals surface area contributed by atoms with E-state index < -0.39 is 0 Å². The van der Waals surface area contributed by atoms with Crippen LogP contribution in [0.2, 0.25) is 0 Å². The molecule has 0 fully saturated rings. The molecule has 2 unspecified atom stereocenters. The zero-order valence-electron chi connectivity index (χ0n) is 15.5. The van der Waals surface area contributed by atoms with E-state index in [9.17, 15) is 0 Å². The zero-order valence-corrected chi connectivity index (χ0v) is 15.5. The molecule has 2 atom stereocenters. The summed E-state index contributed by atoms with van der Waals surface area (Å²) < 4.78 is 2.22. The van der Waals surface area contributed by atoms with Crippen molar-refractivity contribution in [1.29, 1.82) is 0 Å². The second-order valence-electron chi connectivity index (χ2n) is 5.98. The fraction of sp³-hybridized carbons (Fsp3) is 0.429. The van der Waals surface area contributed by atoms with Gasteiger partial charge in [-0.05, 0) is 38.7 Å². The highest BCUT2D eigenvalue weighted by atomic mass is 15.3. The van der Waals surface area contributed by atoms with Gasteiger partial charge in [0.2, 0.25) is 0 Å². The van der Waals surface area contributed by atoms with Crippen molar-refractivity contribution in [3.8, 4) is 0 Å². The molecule has 0 spiro atoms. The average Bonchev–Trinajstić information content (AvgIpc) is 3.20. The second-order valence-corrected chi connectivity index (χ2v) is 5.98. The molecule has 0 saturated heterocycles. The topological polar surface area (TPSA) is 30.7 Å². The number of aromatic nitrogens is 3. The van der Waals surface area contributed by atoms with E-state index in [0.717, 1.165) is 24.6 Å². The van der Waals surface area contributed by atoms with Crippen LogP contribution in [0.25, 0.3) is 6.08 Å². The molecule has 2 aromatic rings. The van der Waals surface area contributed by atoms with Gasteiger partial charge < -0.3 is 4.57 Å². The largest absolute Gasteiger partial charge is 0.315 e. The average molecular weight is 323 g/mol. The first-order chi connectivity index (χ1) is 11.7. The van der Waals surface area contributed by atoms with Crippen LogP contribution < -0.4 is 0 Å². The van der Waals surface area contributed by atoms with Crippen LogP contribution >= 0.6 is 0 Å². The molecule has 1 heterocycles. The summed E-state index contributed by atoms with van der Waals surface area (Å²) in [5, 5.41) is 8.67. The van der Waals surface area contributed by atoms with Gasteiger partial charge in [0, 0.05) is 12.5 Å². The normalized spacial score (nSPS) is 19.5. The molecule has 3 heteroatoms. The maximum Gasteiger partial charge on any atom is 0.140 e. The molecule has 3 rings (SSSR count). The lowest BCUT2D eigenvalue weighted by atomic mass is 9.93. The maximum absolute atomic E-state index is 4.42. The van der Waals surface area contributed by atoms with Gasteiger partial charge in [0.15, 0.2) is 0 Å². The molecule has 0 amide bonds. The molecule has 1 aromatic carbocycles. The Morgan fingerprint density at radius 1 is 1.21 bits per heavy atom. The van der Waals surface area contributed by atoms with Gasteiger partial charge in [0.1, 0.15) is 11.6 Å². The smallest absolute Gasteiger partial charge is 0.140 e. The van der Waals surface area contributed by atoms with Crippen molar-refractivity contribution in [3.05, 3.63) is 65.3 Å². The van der Waals surface area contributed by atoms with Crippen LogP contribution in [0.1, 0.15) is 55.9 Å². The minimum Gasteiger partial charge on any atom is -0.315 e. The standard InChI is InChI=1S/C19H23N3.C2H6/c1-4-22-15(3)20-21-19(22)18-10-6-9-17(18)12-11-16-8-5-7-14(2)13-16;1-2/h5-8,10-13,17-18H,4,9H2,1-3H3;1-2H3/b12-11+;. The number of aryl methyl sites for hydroxylation is 2. The van der Waals surface area contributed by atoms with Crippen molar-refractivity contribution in [3.63, 3.8) is 0 Å². The van der Waals surface area contributed by atoms with Gasteiger partial charge in [-0.1, -0.05) is 68.0 Å². The van der Waals surface area contributed by atoms with Gasteiger partial charge in [-0.2, -0.15) is 0 Å². The molecule has 0 bridgehead atoms. The van der Waals surface area contributed by atoms with Crippen LogP contribution in [0, 0.1) is 19.8 Å². The monoisotopic (exact) mass is 323 g/mol. The minimum absolute atomic E-state index is 0.335. The molecule has 1 aromatic heterocycles. The first-order valence-corrected chi connectivity index (χ1v) is 9.00. The van der Waals surface area contributed by atoms with Crippen molar-refractivity contribution in [1.82, 2.24) is 14.8 Å². The first-order valence-electron chi connectivity index (χ1n) is 9.00. The molecule has 24 heavy (non-hydrogen) atoms. The number of nitrogens with zero attached hydrogens (tertiary/aromatic N) is 3. The van der Waals surface area contributed by atoms with Crippen LogP contribution in [0.3, 0.4) is 0 Å². The molecular formula is C21H29N3. The number of hydrogen-bond donors (Lipinski definition) is 0. The molecule has 3 nitrogen and oxygen atoms in total. The molecule has 0 radical (unpaired) electrons. The van der Waals surface area contributed by atoms with Crippen LogP contribution in [0.5, 0.6) is 0 Å². The Morgan fingerprint density at radius 2 is 2.00 bits per heavy atom. The molecule has 1 aliphatic carbocycles. The Hall–Kier alpha value is -2.16. The fourth-order valence-electron chi connectivity index (χ4n) is 3.19. The summed E-state index contributed by atoms with van der Waals surface area (Å²) in [4.78, 5) is 0. The van der Waals surface area contributed by atoms with Crippen molar-refractivity contribution in [2.75, 3.05) is 0 Å². The molecule has 0 N–H and O–H groups in total. The van der Waals surface area contributed by atoms with E-state index >= 15 is 0 Å². The Balaban J connectivity index is 0.00000100. The SMILES string of the molecule is CC.CCn1c(C)nnc1C1C=CCC1/C=C/c1cccc(C)c1. The Labute approximate surface area is 146 Å². The number of rotatable bonds is 4. The van der Waals surface area contributed by atoms with Gasteiger partial charge in [-0.15, -0.1) is 10.2 Å². The Kier molecular flexibility index (Phi) is 6.53. The van der Waals surface area contributed by atoms with Crippen molar-refractivity contribution >= 4 is 6.08 Å². The van der Waals surface area contributed by atoms with Gasteiger partial charge in [-0.3, -0.25) is 0 Å². The highest BCUT2D eigenvalue weighted by molar-refractivity contribution is 5.51. The van der Waals surface area contributed by atoms with Crippen LogP contribution in [-0.4, -0.2) is 14.8 Å². The first kappa shape index (κ1) is 18.2. The predicted octanol–water partition coefficient (Wildman–Crippen LogP) is 5.31. The van der Waals surface area contributed by atoms with Gasteiger partial charge in [0.05, 0.1) is 0 Å². The third-order valence-corrected chi connectivity index (χ3v) is 4.37. The number of allylic oxidation sites excluding steroid dienone is 3. The van der Waals surface area contributed by atoms with Gasteiger partial charge >= 0.3 is 0 Å². The molecular weight excluding hydrogens is 294 g/mol. The summed E-state index contributed by atoms with van der Waals surface area (Å²) >= 11 is 0. The summed E-state index contributed by atoms with van der Waals surface area (Å²) in [6, 6.07) is 8.60. The van der Waals surface area contributed by atoms with Gasteiger partial charge in [0.25, 0.3) is 0 Å². The molecule has 0 aliphatic heterocycles. The third-order valence-electron chi connectivity index (χ3n) is 4.37.